The number of aliphatic hydroxyl groups is 2. The molecule has 0 aromatic rings. The van der Waals surface area contributed by atoms with Crippen molar-refractivity contribution in [3.05, 3.63) is 36.5 Å². The second-order valence-electron chi connectivity index (χ2n) is 14.8. The SMILES string of the molecule is CCCCC/C=C\C/C=C\C/C=C\CCCCCCCCC(=O)NC(CO)C(O)CCCCCCCCCCCCCCCCCCCC. The zero-order valence-electron chi connectivity index (χ0n) is 33.0. The Hall–Kier alpha value is -1.39. The van der Waals surface area contributed by atoms with Gasteiger partial charge < -0.3 is 15.5 Å². The lowest BCUT2D eigenvalue weighted by atomic mass is 10.0. The molecule has 4 nitrogen and oxygen atoms in total. The molecule has 0 aliphatic carbocycles. The summed E-state index contributed by atoms with van der Waals surface area (Å²) in [6.45, 7) is 4.33. The highest BCUT2D eigenvalue weighted by Crippen LogP contribution is 2.16. The first-order chi connectivity index (χ1) is 24.2. The Balaban J connectivity index is 3.56. The second kappa shape index (κ2) is 41.0. The number of aliphatic hydroxyl groups excluding tert-OH is 2. The van der Waals surface area contributed by atoms with Gasteiger partial charge in [-0.2, -0.15) is 0 Å². The highest BCUT2D eigenvalue weighted by molar-refractivity contribution is 5.76. The molecule has 2 atom stereocenters. The number of hydrogen-bond donors (Lipinski definition) is 3. The third-order valence-corrected chi connectivity index (χ3v) is 9.90. The topological polar surface area (TPSA) is 69.6 Å². The van der Waals surface area contributed by atoms with Crippen LogP contribution in [0.15, 0.2) is 36.5 Å². The molecule has 3 N–H and O–H groups in total. The first kappa shape index (κ1) is 47.6. The molecule has 4 heteroatoms. The van der Waals surface area contributed by atoms with Crippen molar-refractivity contribution in [1.29, 1.82) is 0 Å². The van der Waals surface area contributed by atoms with E-state index in [4.69, 9.17) is 0 Å². The maximum atomic E-state index is 12.4. The van der Waals surface area contributed by atoms with Gasteiger partial charge in [0.05, 0.1) is 18.8 Å². The van der Waals surface area contributed by atoms with E-state index >= 15 is 0 Å². The predicted octanol–water partition coefficient (Wildman–Crippen LogP) is 13.4. The van der Waals surface area contributed by atoms with E-state index in [1.165, 1.54) is 148 Å². The molecule has 0 fully saturated rings. The van der Waals surface area contributed by atoms with E-state index in [1.54, 1.807) is 0 Å². The molecule has 0 spiro atoms. The van der Waals surface area contributed by atoms with Crippen LogP contribution in [0.3, 0.4) is 0 Å². The molecule has 0 bridgehead atoms. The molecule has 0 saturated heterocycles. The molecule has 0 aromatic carbocycles. The van der Waals surface area contributed by atoms with Gasteiger partial charge in [-0.25, -0.2) is 0 Å². The average Bonchev–Trinajstić information content (AvgIpc) is 3.10. The Bertz CT molecular complexity index is 746. The van der Waals surface area contributed by atoms with E-state index in [0.717, 1.165) is 51.4 Å². The molecule has 0 saturated carbocycles. The van der Waals surface area contributed by atoms with Gasteiger partial charge in [0.25, 0.3) is 0 Å². The number of rotatable bonds is 39. The van der Waals surface area contributed by atoms with Crippen LogP contribution in [0.5, 0.6) is 0 Å². The quantitative estimate of drug-likeness (QED) is 0.0445. The Morgan fingerprint density at radius 2 is 0.837 bits per heavy atom. The molecule has 0 heterocycles. The molecule has 49 heavy (non-hydrogen) atoms. The van der Waals surface area contributed by atoms with Gasteiger partial charge >= 0.3 is 0 Å². The second-order valence-corrected chi connectivity index (χ2v) is 14.8. The van der Waals surface area contributed by atoms with Crippen LogP contribution in [0.4, 0.5) is 0 Å². The van der Waals surface area contributed by atoms with Gasteiger partial charge in [0.2, 0.25) is 5.91 Å². The lowest BCUT2D eigenvalue weighted by Crippen LogP contribution is -2.45. The third kappa shape index (κ3) is 37.7. The molecule has 0 aliphatic rings. The van der Waals surface area contributed by atoms with Crippen LogP contribution in [0.1, 0.15) is 226 Å². The van der Waals surface area contributed by atoms with Crippen molar-refractivity contribution in [1.82, 2.24) is 5.32 Å². The Morgan fingerprint density at radius 3 is 1.29 bits per heavy atom. The van der Waals surface area contributed by atoms with Gasteiger partial charge in [-0.15, -0.1) is 0 Å². The fourth-order valence-corrected chi connectivity index (χ4v) is 6.54. The minimum Gasteiger partial charge on any atom is -0.394 e. The number of nitrogens with one attached hydrogen (secondary N) is 1. The molecule has 0 aromatic heterocycles. The molecule has 288 valence electrons. The van der Waals surface area contributed by atoms with Crippen molar-refractivity contribution in [3.63, 3.8) is 0 Å². The van der Waals surface area contributed by atoms with Gasteiger partial charge in [0.15, 0.2) is 0 Å². The van der Waals surface area contributed by atoms with Crippen LogP contribution < -0.4 is 5.32 Å². The summed E-state index contributed by atoms with van der Waals surface area (Å²) in [5, 5.41) is 23.2. The number of unbranched alkanes of at least 4 members (excludes halogenated alkanes) is 26. The molecule has 0 rings (SSSR count). The van der Waals surface area contributed by atoms with Crippen molar-refractivity contribution in [3.8, 4) is 0 Å². The van der Waals surface area contributed by atoms with Gasteiger partial charge in [0, 0.05) is 6.42 Å². The standard InChI is InChI=1S/C45H85NO3/c1-3-5-7-9-11-13-15-17-19-21-23-25-27-29-31-33-35-37-39-41-45(49)46-43(42-47)44(48)40-38-36-34-32-30-28-26-24-22-20-18-16-14-12-10-8-6-4-2/h11,13,17,19,23,25,43-44,47-48H,3-10,12,14-16,18,20-22,24,26-42H2,1-2H3,(H,46,49)/b13-11-,19-17-,25-23-. The van der Waals surface area contributed by atoms with Crippen molar-refractivity contribution < 1.29 is 15.0 Å². The average molecular weight is 688 g/mol. The molecular formula is C45H85NO3. The van der Waals surface area contributed by atoms with Crippen LogP contribution >= 0.6 is 0 Å². The number of carbonyl (C=O) groups excluding carboxylic acids is 1. The van der Waals surface area contributed by atoms with E-state index < -0.39 is 12.1 Å². The van der Waals surface area contributed by atoms with Crippen LogP contribution in [0.25, 0.3) is 0 Å². The van der Waals surface area contributed by atoms with E-state index in [0.29, 0.717) is 12.8 Å². The minimum atomic E-state index is -0.665. The Morgan fingerprint density at radius 1 is 0.490 bits per heavy atom. The summed E-state index contributed by atoms with van der Waals surface area (Å²) in [6, 6.07) is -0.543. The molecule has 1 amide bonds. The first-order valence-electron chi connectivity index (χ1n) is 21.7. The van der Waals surface area contributed by atoms with Gasteiger partial charge in [-0.05, 0) is 51.4 Å². The maximum Gasteiger partial charge on any atom is 0.220 e. The van der Waals surface area contributed by atoms with Crippen molar-refractivity contribution in [2.75, 3.05) is 6.61 Å². The monoisotopic (exact) mass is 688 g/mol. The smallest absolute Gasteiger partial charge is 0.220 e. The van der Waals surface area contributed by atoms with Crippen LogP contribution in [0, 0.1) is 0 Å². The highest BCUT2D eigenvalue weighted by atomic mass is 16.3. The highest BCUT2D eigenvalue weighted by Gasteiger charge is 2.19. The molecule has 0 radical (unpaired) electrons. The van der Waals surface area contributed by atoms with E-state index in [1.807, 2.05) is 0 Å². The molecule has 0 aliphatic heterocycles. The minimum absolute atomic E-state index is 0.0434. The predicted molar refractivity (Wildman–Crippen MR) is 216 cm³/mol. The van der Waals surface area contributed by atoms with E-state index in [9.17, 15) is 15.0 Å². The Kier molecular flexibility index (Phi) is 39.9. The third-order valence-electron chi connectivity index (χ3n) is 9.90. The summed E-state index contributed by atoms with van der Waals surface area (Å²) < 4.78 is 0. The number of hydrogen-bond acceptors (Lipinski definition) is 3. The lowest BCUT2D eigenvalue weighted by Gasteiger charge is -2.22. The number of carbonyl (C=O) groups is 1. The molecule has 2 unspecified atom stereocenters. The molecular weight excluding hydrogens is 602 g/mol. The Labute approximate surface area is 306 Å². The normalized spacial score (nSPS) is 13.3. The van der Waals surface area contributed by atoms with Gasteiger partial charge in [0.1, 0.15) is 0 Å². The zero-order chi connectivity index (χ0) is 35.7. The van der Waals surface area contributed by atoms with Crippen LogP contribution in [-0.2, 0) is 4.79 Å². The van der Waals surface area contributed by atoms with Crippen LogP contribution in [-0.4, -0.2) is 34.9 Å². The zero-order valence-corrected chi connectivity index (χ0v) is 33.0. The van der Waals surface area contributed by atoms with E-state index in [2.05, 4.69) is 55.6 Å². The van der Waals surface area contributed by atoms with Crippen molar-refractivity contribution in [2.24, 2.45) is 0 Å². The van der Waals surface area contributed by atoms with Gasteiger partial charge in [-0.1, -0.05) is 204 Å². The first-order valence-corrected chi connectivity index (χ1v) is 21.7. The number of allylic oxidation sites excluding steroid dienone is 6. The summed E-state index contributed by atoms with van der Waals surface area (Å²) in [4.78, 5) is 12.4. The van der Waals surface area contributed by atoms with Gasteiger partial charge in [-0.3, -0.25) is 4.79 Å². The lowest BCUT2D eigenvalue weighted by molar-refractivity contribution is -0.123. The summed E-state index contributed by atoms with van der Waals surface area (Å²) in [7, 11) is 0. The number of amides is 1. The summed E-state index contributed by atoms with van der Waals surface area (Å²) in [5.41, 5.74) is 0. The summed E-state index contributed by atoms with van der Waals surface area (Å²) in [5.74, 6) is -0.0434. The van der Waals surface area contributed by atoms with E-state index in [-0.39, 0.29) is 12.5 Å². The van der Waals surface area contributed by atoms with Crippen molar-refractivity contribution >= 4 is 5.91 Å². The van der Waals surface area contributed by atoms with Crippen molar-refractivity contribution in [2.45, 2.75) is 238 Å². The fraction of sp³-hybridized carbons (Fsp3) is 0.844. The fourth-order valence-electron chi connectivity index (χ4n) is 6.54. The maximum absolute atomic E-state index is 12.4. The largest absolute Gasteiger partial charge is 0.394 e. The summed E-state index contributed by atoms with van der Waals surface area (Å²) in [6.07, 6.45) is 53.5. The summed E-state index contributed by atoms with van der Waals surface area (Å²) >= 11 is 0. The van der Waals surface area contributed by atoms with Crippen LogP contribution in [0.2, 0.25) is 0 Å².